The average molecular weight is 473 g/mol. The number of aliphatic hydroxyl groups excluding tert-OH is 1. The fraction of sp³-hybridized carbons (Fsp3) is 0.500. The summed E-state index contributed by atoms with van der Waals surface area (Å²) in [6, 6.07) is 15.7. The van der Waals surface area contributed by atoms with Crippen molar-refractivity contribution in [1.82, 2.24) is 5.32 Å². The molecule has 0 saturated carbocycles. The van der Waals surface area contributed by atoms with Crippen LogP contribution < -0.4 is 10.6 Å². The summed E-state index contributed by atoms with van der Waals surface area (Å²) in [5.41, 5.74) is 2.80. The Morgan fingerprint density at radius 3 is 2.35 bits per heavy atom. The number of aromatic hydroxyl groups is 1. The number of benzene rings is 2. The second-order valence-electron chi connectivity index (χ2n) is 7.36. The first-order chi connectivity index (χ1) is 14.2. The van der Waals surface area contributed by atoms with Crippen molar-refractivity contribution in [2.75, 3.05) is 38.7 Å². The first-order valence-electron chi connectivity index (χ1n) is 10.7. The molecule has 5 nitrogen and oxygen atoms in total. The minimum absolute atomic E-state index is 0. The molecule has 0 aliphatic heterocycles. The monoisotopic (exact) mass is 472 g/mol. The third kappa shape index (κ3) is 12.2. The van der Waals surface area contributed by atoms with Crippen molar-refractivity contribution in [2.45, 2.75) is 44.6 Å². The predicted molar refractivity (Wildman–Crippen MR) is 134 cm³/mol. The van der Waals surface area contributed by atoms with Crippen molar-refractivity contribution in [3.05, 3.63) is 59.7 Å². The molecule has 7 heteroatoms. The van der Waals surface area contributed by atoms with Gasteiger partial charge in [0.05, 0.1) is 11.8 Å². The average Bonchev–Trinajstić information content (AvgIpc) is 2.75. The van der Waals surface area contributed by atoms with E-state index in [0.29, 0.717) is 12.2 Å². The molecule has 0 fully saturated rings. The number of rotatable bonds is 15. The van der Waals surface area contributed by atoms with Crippen LogP contribution in [-0.4, -0.2) is 43.6 Å². The number of phenols is 1. The Bertz CT molecular complexity index is 690. The van der Waals surface area contributed by atoms with Gasteiger partial charge in [-0.1, -0.05) is 49.2 Å². The quantitative estimate of drug-likeness (QED) is 0.214. The Balaban J connectivity index is 0.00000450. The molecule has 0 amide bonds. The summed E-state index contributed by atoms with van der Waals surface area (Å²) in [4.78, 5) is 0. The first kappa shape index (κ1) is 29.5. The van der Waals surface area contributed by atoms with Gasteiger partial charge in [-0.3, -0.25) is 0 Å². The number of nitrogens with one attached hydrogen (secondary N) is 2. The molecule has 0 spiro atoms. The molecule has 1 atom stereocenters. The Labute approximate surface area is 199 Å². The standard InChI is InChI=1S/C24H36N2O3.2ClH/c1-25-22-18-21(13-14-23(22)27)24(28)19-26-15-7-2-3-8-16-29-17-9-12-20-10-5-4-6-11-20;;/h4-6,10-11,13-14,18,24-28H,2-3,7-9,12,15-17,19H2,1H3;2*1H. The normalized spacial score (nSPS) is 11.3. The zero-order chi connectivity index (χ0) is 20.7. The molecular weight excluding hydrogens is 435 g/mol. The van der Waals surface area contributed by atoms with Crippen molar-refractivity contribution in [3.63, 3.8) is 0 Å². The highest BCUT2D eigenvalue weighted by Crippen LogP contribution is 2.26. The summed E-state index contributed by atoms with van der Waals surface area (Å²) in [6.45, 7) is 3.08. The lowest BCUT2D eigenvalue weighted by atomic mass is 10.1. The number of ether oxygens (including phenoxy) is 1. The van der Waals surface area contributed by atoms with Gasteiger partial charge in [0.25, 0.3) is 0 Å². The first-order valence-corrected chi connectivity index (χ1v) is 10.7. The van der Waals surface area contributed by atoms with E-state index in [1.165, 1.54) is 18.4 Å². The molecule has 2 rings (SSSR count). The second-order valence-corrected chi connectivity index (χ2v) is 7.36. The van der Waals surface area contributed by atoms with Crippen molar-refractivity contribution < 1.29 is 14.9 Å². The number of phenolic OH excluding ortho intramolecular Hbond substituents is 1. The lowest BCUT2D eigenvalue weighted by Crippen LogP contribution is -2.22. The molecule has 4 N–H and O–H groups in total. The molecule has 176 valence electrons. The maximum atomic E-state index is 10.3. The van der Waals surface area contributed by atoms with Gasteiger partial charge in [0.2, 0.25) is 0 Å². The van der Waals surface area contributed by atoms with Gasteiger partial charge < -0.3 is 25.6 Å². The van der Waals surface area contributed by atoms with Crippen LogP contribution in [0.25, 0.3) is 0 Å². The summed E-state index contributed by atoms with van der Waals surface area (Å²) in [6.07, 6.45) is 6.12. The van der Waals surface area contributed by atoms with Gasteiger partial charge in [0.15, 0.2) is 0 Å². The summed E-state index contributed by atoms with van der Waals surface area (Å²) in [5, 5.41) is 26.2. The highest BCUT2D eigenvalue weighted by atomic mass is 35.5. The number of aliphatic hydroxyl groups is 1. The van der Waals surface area contributed by atoms with Crippen LogP contribution in [0, 0.1) is 0 Å². The summed E-state index contributed by atoms with van der Waals surface area (Å²) < 4.78 is 5.72. The maximum Gasteiger partial charge on any atom is 0.138 e. The Hall–Kier alpha value is -1.50. The van der Waals surface area contributed by atoms with Crippen LogP contribution in [0.2, 0.25) is 0 Å². The Morgan fingerprint density at radius 2 is 1.61 bits per heavy atom. The van der Waals surface area contributed by atoms with Crippen molar-refractivity contribution in [3.8, 4) is 5.75 Å². The molecule has 2 aromatic carbocycles. The Kier molecular flexibility index (Phi) is 17.2. The molecule has 0 bridgehead atoms. The number of unbranched alkanes of at least 4 members (excludes halogenated alkanes) is 3. The lowest BCUT2D eigenvalue weighted by Gasteiger charge is -2.14. The number of aryl methyl sites for hydroxylation is 1. The van der Waals surface area contributed by atoms with E-state index in [1.54, 1.807) is 25.2 Å². The van der Waals surface area contributed by atoms with Crippen molar-refractivity contribution in [2.24, 2.45) is 0 Å². The molecule has 2 aromatic rings. The highest BCUT2D eigenvalue weighted by Gasteiger charge is 2.09. The van der Waals surface area contributed by atoms with E-state index >= 15 is 0 Å². The Morgan fingerprint density at radius 1 is 0.903 bits per heavy atom. The molecule has 0 aliphatic rings. The van der Waals surface area contributed by atoms with Gasteiger partial charge >= 0.3 is 0 Å². The van der Waals surface area contributed by atoms with Crippen LogP contribution in [0.1, 0.15) is 49.3 Å². The zero-order valence-corrected chi connectivity index (χ0v) is 20.0. The van der Waals surface area contributed by atoms with Gasteiger partial charge in [0.1, 0.15) is 5.75 Å². The summed E-state index contributed by atoms with van der Waals surface area (Å²) in [5.74, 6) is 0.191. The third-order valence-electron chi connectivity index (χ3n) is 5.00. The molecule has 0 radical (unpaired) electrons. The molecular formula is C24H38Cl2N2O3. The zero-order valence-electron chi connectivity index (χ0n) is 18.4. The van der Waals surface area contributed by atoms with Crippen LogP contribution >= 0.6 is 24.8 Å². The molecule has 0 saturated heterocycles. The molecule has 0 aromatic heterocycles. The minimum Gasteiger partial charge on any atom is -0.506 e. The van der Waals surface area contributed by atoms with Gasteiger partial charge in [-0.2, -0.15) is 0 Å². The van der Waals surface area contributed by atoms with Crippen LogP contribution in [0.15, 0.2) is 48.5 Å². The fourth-order valence-electron chi connectivity index (χ4n) is 3.25. The predicted octanol–water partition coefficient (Wildman–Crippen LogP) is 5.11. The van der Waals surface area contributed by atoms with Gasteiger partial charge in [-0.15, -0.1) is 24.8 Å². The van der Waals surface area contributed by atoms with Crippen LogP contribution in [0.4, 0.5) is 5.69 Å². The fourth-order valence-corrected chi connectivity index (χ4v) is 3.25. The van der Waals surface area contributed by atoms with Crippen molar-refractivity contribution in [1.29, 1.82) is 0 Å². The SMILES string of the molecule is CNc1cc(C(O)CNCCCCCCOCCCc2ccccc2)ccc1O.Cl.Cl. The topological polar surface area (TPSA) is 73.8 Å². The van der Waals surface area contributed by atoms with Gasteiger partial charge in [-0.05, 0) is 55.5 Å². The summed E-state index contributed by atoms with van der Waals surface area (Å²) >= 11 is 0. The second kappa shape index (κ2) is 18.1. The van der Waals surface area contributed by atoms with Crippen LogP contribution in [0.3, 0.4) is 0 Å². The van der Waals surface area contributed by atoms with E-state index in [9.17, 15) is 10.2 Å². The van der Waals surface area contributed by atoms with Crippen LogP contribution in [-0.2, 0) is 11.2 Å². The number of hydrogen-bond acceptors (Lipinski definition) is 5. The number of anilines is 1. The molecule has 0 heterocycles. The maximum absolute atomic E-state index is 10.3. The summed E-state index contributed by atoms with van der Waals surface area (Å²) in [7, 11) is 1.75. The third-order valence-corrected chi connectivity index (χ3v) is 5.00. The minimum atomic E-state index is -0.577. The molecule has 31 heavy (non-hydrogen) atoms. The van der Waals surface area contributed by atoms with E-state index < -0.39 is 6.10 Å². The highest BCUT2D eigenvalue weighted by molar-refractivity contribution is 5.85. The van der Waals surface area contributed by atoms with E-state index in [0.717, 1.165) is 51.0 Å². The smallest absolute Gasteiger partial charge is 0.138 e. The van der Waals surface area contributed by atoms with E-state index in [2.05, 4.69) is 34.9 Å². The van der Waals surface area contributed by atoms with Crippen molar-refractivity contribution >= 4 is 30.5 Å². The molecule has 0 aliphatic carbocycles. The number of hydrogen-bond donors (Lipinski definition) is 4. The largest absolute Gasteiger partial charge is 0.506 e. The van der Waals surface area contributed by atoms with Gasteiger partial charge in [0, 0.05) is 26.8 Å². The molecule has 1 unspecified atom stereocenters. The van der Waals surface area contributed by atoms with E-state index in [1.807, 2.05) is 6.07 Å². The number of halogens is 2. The van der Waals surface area contributed by atoms with Crippen LogP contribution in [0.5, 0.6) is 5.75 Å². The van der Waals surface area contributed by atoms with E-state index in [-0.39, 0.29) is 30.6 Å². The lowest BCUT2D eigenvalue weighted by molar-refractivity contribution is 0.127. The van der Waals surface area contributed by atoms with E-state index in [4.69, 9.17) is 4.74 Å². The van der Waals surface area contributed by atoms with Gasteiger partial charge in [-0.25, -0.2) is 0 Å².